The Labute approximate surface area is 120 Å². The summed E-state index contributed by atoms with van der Waals surface area (Å²) in [6.07, 6.45) is 8.75. The predicted octanol–water partition coefficient (Wildman–Crippen LogP) is 2.13. The van der Waals surface area contributed by atoms with E-state index in [1.807, 2.05) is 13.0 Å². The number of benzene rings is 1. The second-order valence-electron chi connectivity index (χ2n) is 5.24. The van der Waals surface area contributed by atoms with Crippen LogP contribution < -0.4 is 10.6 Å². The first-order valence-electron chi connectivity index (χ1n) is 7.07. The lowest BCUT2D eigenvalue weighted by molar-refractivity contribution is 0.0263. The highest BCUT2D eigenvalue weighted by Crippen LogP contribution is 2.26. The zero-order valence-corrected chi connectivity index (χ0v) is 11.8. The largest absolute Gasteiger partial charge is 0.398 e. The van der Waals surface area contributed by atoms with Crippen LogP contribution in [0.5, 0.6) is 0 Å². The van der Waals surface area contributed by atoms with Crippen LogP contribution in [-0.2, 0) is 4.74 Å². The van der Waals surface area contributed by atoms with Crippen LogP contribution in [-0.4, -0.2) is 37.4 Å². The summed E-state index contributed by atoms with van der Waals surface area (Å²) in [6, 6.07) is 6.25. The van der Waals surface area contributed by atoms with Crippen molar-refractivity contribution in [3.05, 3.63) is 48.2 Å². The van der Waals surface area contributed by atoms with Gasteiger partial charge in [-0.15, -0.1) is 0 Å². The molecule has 0 bridgehead atoms. The van der Waals surface area contributed by atoms with Crippen LogP contribution in [0.3, 0.4) is 0 Å². The van der Waals surface area contributed by atoms with Crippen molar-refractivity contribution in [2.45, 2.75) is 13.1 Å². The molecule has 20 heavy (non-hydrogen) atoms. The number of anilines is 2. The van der Waals surface area contributed by atoms with E-state index in [1.165, 1.54) is 0 Å². The van der Waals surface area contributed by atoms with Crippen LogP contribution >= 0.6 is 0 Å². The lowest BCUT2D eigenvalue weighted by Gasteiger charge is -2.40. The van der Waals surface area contributed by atoms with Gasteiger partial charge in [0.05, 0.1) is 13.2 Å². The summed E-state index contributed by atoms with van der Waals surface area (Å²) in [6.45, 7) is 5.56. The maximum atomic E-state index is 6.05. The summed E-state index contributed by atoms with van der Waals surface area (Å²) < 4.78 is 5.44. The summed E-state index contributed by atoms with van der Waals surface area (Å²) in [5, 5.41) is 0. The van der Waals surface area contributed by atoms with Crippen LogP contribution in [0.25, 0.3) is 0 Å². The van der Waals surface area contributed by atoms with Gasteiger partial charge in [0.1, 0.15) is 6.17 Å². The summed E-state index contributed by atoms with van der Waals surface area (Å²) in [7, 11) is 0. The Bertz CT molecular complexity index is 533. The molecule has 2 heterocycles. The number of nitrogens with two attached hydrogens (primary N) is 1. The van der Waals surface area contributed by atoms with Crippen molar-refractivity contribution < 1.29 is 4.74 Å². The van der Waals surface area contributed by atoms with E-state index in [-0.39, 0.29) is 6.17 Å². The van der Waals surface area contributed by atoms with Gasteiger partial charge in [-0.2, -0.15) is 0 Å². The molecule has 1 aromatic carbocycles. The number of allylic oxidation sites excluding steroid dienone is 2. The molecule has 2 aliphatic heterocycles. The molecule has 0 amide bonds. The molecule has 2 aliphatic rings. The molecule has 0 saturated carbocycles. The quantitative estimate of drug-likeness (QED) is 0.837. The highest BCUT2D eigenvalue weighted by Gasteiger charge is 2.25. The first-order valence-corrected chi connectivity index (χ1v) is 7.07. The highest BCUT2D eigenvalue weighted by atomic mass is 16.5. The number of hydrogen-bond acceptors (Lipinski definition) is 4. The molecule has 106 valence electrons. The van der Waals surface area contributed by atoms with Crippen molar-refractivity contribution in [1.82, 2.24) is 4.90 Å². The summed E-state index contributed by atoms with van der Waals surface area (Å²) >= 11 is 0. The minimum Gasteiger partial charge on any atom is -0.398 e. The molecular formula is C16H21N3O. The Morgan fingerprint density at radius 2 is 2.00 bits per heavy atom. The number of nitrogen functional groups attached to an aromatic ring is 1. The molecule has 2 N–H and O–H groups in total. The first kappa shape index (κ1) is 13.2. The second kappa shape index (κ2) is 5.69. The lowest BCUT2D eigenvalue weighted by Crippen LogP contribution is -2.50. The van der Waals surface area contributed by atoms with Crippen LogP contribution in [0.15, 0.2) is 42.6 Å². The van der Waals surface area contributed by atoms with Crippen LogP contribution in [0, 0.1) is 6.92 Å². The fraction of sp³-hybridized carbons (Fsp3) is 0.375. The molecule has 1 saturated heterocycles. The Hall–Kier alpha value is -1.78. The molecule has 4 heteroatoms. The van der Waals surface area contributed by atoms with Crippen molar-refractivity contribution in [3.63, 3.8) is 0 Å². The van der Waals surface area contributed by atoms with Crippen molar-refractivity contribution in [1.29, 1.82) is 0 Å². The van der Waals surface area contributed by atoms with E-state index in [2.05, 4.69) is 46.4 Å². The van der Waals surface area contributed by atoms with E-state index < -0.39 is 0 Å². The molecule has 3 rings (SSSR count). The van der Waals surface area contributed by atoms with Crippen molar-refractivity contribution in [3.8, 4) is 0 Å². The molecule has 1 atom stereocenters. The van der Waals surface area contributed by atoms with Gasteiger partial charge in [0, 0.05) is 30.7 Å². The zero-order valence-electron chi connectivity index (χ0n) is 11.8. The lowest BCUT2D eigenvalue weighted by atomic mass is 10.1. The molecular weight excluding hydrogens is 250 g/mol. The topological polar surface area (TPSA) is 41.7 Å². The second-order valence-corrected chi connectivity index (χ2v) is 5.24. The molecule has 0 aliphatic carbocycles. The van der Waals surface area contributed by atoms with Crippen molar-refractivity contribution in [2.75, 3.05) is 36.9 Å². The van der Waals surface area contributed by atoms with Gasteiger partial charge in [-0.3, -0.25) is 4.90 Å². The molecule has 1 aromatic rings. The average Bonchev–Trinajstić information content (AvgIpc) is 2.51. The SMILES string of the molecule is Cc1ccc(N2C=CC=CC2N2CCOCC2)cc1N. The number of nitrogens with zero attached hydrogens (tertiary/aromatic N) is 2. The molecule has 1 unspecified atom stereocenters. The first-order chi connectivity index (χ1) is 9.75. The van der Waals surface area contributed by atoms with Crippen LogP contribution in [0.2, 0.25) is 0 Å². The van der Waals surface area contributed by atoms with Gasteiger partial charge in [0.25, 0.3) is 0 Å². The predicted molar refractivity (Wildman–Crippen MR) is 82.5 cm³/mol. The van der Waals surface area contributed by atoms with Gasteiger partial charge in [0.2, 0.25) is 0 Å². The summed E-state index contributed by atoms with van der Waals surface area (Å²) in [4.78, 5) is 4.70. The smallest absolute Gasteiger partial charge is 0.106 e. The Morgan fingerprint density at radius 1 is 1.20 bits per heavy atom. The Kier molecular flexibility index (Phi) is 3.76. The zero-order chi connectivity index (χ0) is 13.9. The Balaban J connectivity index is 1.86. The van der Waals surface area contributed by atoms with E-state index in [4.69, 9.17) is 10.5 Å². The third kappa shape index (κ3) is 2.57. The summed E-state index contributed by atoms with van der Waals surface area (Å²) in [5.41, 5.74) is 9.14. The van der Waals surface area contributed by atoms with Gasteiger partial charge in [-0.1, -0.05) is 12.1 Å². The third-order valence-corrected chi connectivity index (χ3v) is 3.91. The van der Waals surface area contributed by atoms with Gasteiger partial charge in [0.15, 0.2) is 0 Å². The Morgan fingerprint density at radius 3 is 2.75 bits per heavy atom. The van der Waals surface area contributed by atoms with E-state index in [0.717, 1.165) is 43.2 Å². The van der Waals surface area contributed by atoms with Gasteiger partial charge in [-0.05, 0) is 36.8 Å². The summed E-state index contributed by atoms with van der Waals surface area (Å²) in [5.74, 6) is 0. The number of aryl methyl sites for hydroxylation is 1. The monoisotopic (exact) mass is 271 g/mol. The van der Waals surface area contributed by atoms with Crippen LogP contribution in [0.1, 0.15) is 5.56 Å². The van der Waals surface area contributed by atoms with E-state index in [9.17, 15) is 0 Å². The number of rotatable bonds is 2. The van der Waals surface area contributed by atoms with Gasteiger partial charge < -0.3 is 15.4 Å². The molecule has 0 spiro atoms. The number of morpholine rings is 1. The molecule has 4 nitrogen and oxygen atoms in total. The molecule has 0 radical (unpaired) electrons. The maximum Gasteiger partial charge on any atom is 0.106 e. The van der Waals surface area contributed by atoms with Crippen LogP contribution in [0.4, 0.5) is 11.4 Å². The van der Waals surface area contributed by atoms with E-state index in [1.54, 1.807) is 0 Å². The number of hydrogen-bond donors (Lipinski definition) is 1. The highest BCUT2D eigenvalue weighted by molar-refractivity contribution is 5.62. The maximum absolute atomic E-state index is 6.05. The van der Waals surface area contributed by atoms with Gasteiger partial charge >= 0.3 is 0 Å². The average molecular weight is 271 g/mol. The van der Waals surface area contributed by atoms with E-state index in [0.29, 0.717) is 0 Å². The van der Waals surface area contributed by atoms with Crippen molar-refractivity contribution in [2.24, 2.45) is 0 Å². The fourth-order valence-electron chi connectivity index (χ4n) is 2.65. The van der Waals surface area contributed by atoms with E-state index >= 15 is 0 Å². The van der Waals surface area contributed by atoms with Crippen molar-refractivity contribution >= 4 is 11.4 Å². The third-order valence-electron chi connectivity index (χ3n) is 3.91. The molecule has 0 aromatic heterocycles. The standard InChI is InChI=1S/C16H21N3O/c1-13-5-6-14(12-15(13)17)19-7-3-2-4-16(19)18-8-10-20-11-9-18/h2-7,12,16H,8-11,17H2,1H3. The normalized spacial score (nSPS) is 23.2. The minimum atomic E-state index is 0.242. The fourth-order valence-corrected chi connectivity index (χ4v) is 2.65. The molecule has 1 fully saturated rings. The number of ether oxygens (including phenoxy) is 1. The minimum absolute atomic E-state index is 0.242. The van der Waals surface area contributed by atoms with Gasteiger partial charge in [-0.25, -0.2) is 0 Å².